The van der Waals surface area contributed by atoms with Crippen molar-refractivity contribution >= 4 is 45.8 Å². The van der Waals surface area contributed by atoms with E-state index in [4.69, 9.17) is 24.2 Å². The Bertz CT molecular complexity index is 2600. The average Bonchev–Trinajstić information content (AvgIpc) is 4.17. The number of rotatable bonds is 9. The second kappa shape index (κ2) is 16.6. The van der Waals surface area contributed by atoms with Crippen molar-refractivity contribution in [1.82, 2.24) is 40.4 Å². The van der Waals surface area contributed by atoms with Gasteiger partial charge in [0, 0.05) is 42.4 Å². The van der Waals surface area contributed by atoms with Gasteiger partial charge in [-0.15, -0.1) is 0 Å². The number of likely N-dealkylation sites (tertiary alicyclic amines) is 2. The smallest absolute Gasteiger partial charge is 0.407 e. The van der Waals surface area contributed by atoms with E-state index in [0.717, 1.165) is 106 Å². The van der Waals surface area contributed by atoms with Gasteiger partial charge in [0.25, 0.3) is 0 Å². The first-order chi connectivity index (χ1) is 30.6. The van der Waals surface area contributed by atoms with E-state index >= 15 is 0 Å². The largest absolute Gasteiger partial charge is 0.453 e. The molecule has 6 unspecified atom stereocenters. The molecule has 4 amide bonds. The highest BCUT2D eigenvalue weighted by molar-refractivity contribution is 6.05. The summed E-state index contributed by atoms with van der Waals surface area (Å²) in [4.78, 5) is 74.4. The van der Waals surface area contributed by atoms with Gasteiger partial charge < -0.3 is 44.6 Å². The lowest BCUT2D eigenvalue weighted by atomic mass is 9.89. The minimum atomic E-state index is -0.690. The van der Waals surface area contributed by atoms with Gasteiger partial charge >= 0.3 is 12.2 Å². The number of ether oxygens (including phenoxy) is 3. The lowest BCUT2D eigenvalue weighted by Crippen LogP contribution is -2.54. The fourth-order valence-electron chi connectivity index (χ4n) is 11.2. The first kappa shape index (κ1) is 41.1. The van der Waals surface area contributed by atoms with Crippen molar-refractivity contribution in [3.63, 3.8) is 0 Å². The number of H-pyrrole nitrogens is 2. The summed E-state index contributed by atoms with van der Waals surface area (Å²) in [5.74, 6) is 1.59. The number of aromatic nitrogens is 4. The number of carbonyl (C=O) groups is 4. The van der Waals surface area contributed by atoms with Crippen LogP contribution in [0.2, 0.25) is 0 Å². The molecule has 5 heterocycles. The Hall–Kier alpha value is -5.96. The molecule has 2 aromatic heterocycles. The number of fused-ring (bicyclic) bond motifs is 8. The SMILES string of the molecule is COC(=O)NC(C(=O)N1C2CCC(C2)C1c1nc2c([nH]1)CCc1cc(-c3ccc4c(ccc5[nH]c(C6CCCN6C(=O)C(NC(=O)OC)C6CCOCC6)nc54)c3)ccc1-2)C(C)C. The third-order valence-corrected chi connectivity index (χ3v) is 14.4. The summed E-state index contributed by atoms with van der Waals surface area (Å²) >= 11 is 0. The molecule has 63 heavy (non-hydrogen) atoms. The summed E-state index contributed by atoms with van der Waals surface area (Å²) in [6, 6.07) is 15.7. The summed E-state index contributed by atoms with van der Waals surface area (Å²) in [6.07, 6.45) is 6.45. The van der Waals surface area contributed by atoms with Crippen LogP contribution in [-0.4, -0.2) is 106 Å². The van der Waals surface area contributed by atoms with E-state index in [1.165, 1.54) is 19.8 Å². The van der Waals surface area contributed by atoms with Gasteiger partial charge in [0.15, 0.2) is 0 Å². The molecule has 10 rings (SSSR count). The van der Waals surface area contributed by atoms with Crippen molar-refractivity contribution in [1.29, 1.82) is 0 Å². The van der Waals surface area contributed by atoms with Crippen LogP contribution in [0.15, 0.2) is 48.5 Å². The van der Waals surface area contributed by atoms with Gasteiger partial charge in [0.05, 0.1) is 43.0 Å². The van der Waals surface area contributed by atoms with Gasteiger partial charge in [0.2, 0.25) is 11.8 Å². The molecule has 330 valence electrons. The van der Waals surface area contributed by atoms with Gasteiger partial charge in [-0.05, 0) is 110 Å². The van der Waals surface area contributed by atoms with Crippen LogP contribution in [0, 0.1) is 17.8 Å². The summed E-state index contributed by atoms with van der Waals surface area (Å²) in [5, 5.41) is 7.73. The van der Waals surface area contributed by atoms with Crippen molar-refractivity contribution in [3.05, 3.63) is 71.4 Å². The molecule has 15 nitrogen and oxygen atoms in total. The average molecular weight is 857 g/mol. The molecule has 5 aromatic rings. The van der Waals surface area contributed by atoms with Crippen molar-refractivity contribution < 1.29 is 33.4 Å². The highest BCUT2D eigenvalue weighted by Crippen LogP contribution is 2.51. The Morgan fingerprint density at radius 1 is 0.825 bits per heavy atom. The van der Waals surface area contributed by atoms with E-state index in [2.05, 4.69) is 69.1 Å². The van der Waals surface area contributed by atoms with Gasteiger partial charge in [0.1, 0.15) is 23.7 Å². The molecule has 2 bridgehead atoms. The third kappa shape index (κ3) is 7.37. The minimum absolute atomic E-state index is 0.0318. The van der Waals surface area contributed by atoms with Crippen LogP contribution >= 0.6 is 0 Å². The maximum atomic E-state index is 14.2. The maximum Gasteiger partial charge on any atom is 0.407 e. The number of imidazole rings is 2. The lowest BCUT2D eigenvalue weighted by Gasteiger charge is -2.37. The Morgan fingerprint density at radius 3 is 2.40 bits per heavy atom. The van der Waals surface area contributed by atoms with Crippen molar-refractivity contribution in [2.24, 2.45) is 17.8 Å². The Balaban J connectivity index is 0.893. The molecule has 0 spiro atoms. The highest BCUT2D eigenvalue weighted by atomic mass is 16.5. The molecule has 4 fully saturated rings. The summed E-state index contributed by atoms with van der Waals surface area (Å²) < 4.78 is 15.3. The predicted octanol–water partition coefficient (Wildman–Crippen LogP) is 7.12. The Kier molecular flexibility index (Phi) is 10.8. The minimum Gasteiger partial charge on any atom is -0.453 e. The fraction of sp³-hybridized carbons (Fsp3) is 0.500. The van der Waals surface area contributed by atoms with E-state index in [9.17, 15) is 19.2 Å². The van der Waals surface area contributed by atoms with Crippen LogP contribution in [0.25, 0.3) is 44.2 Å². The van der Waals surface area contributed by atoms with E-state index < -0.39 is 24.3 Å². The maximum absolute atomic E-state index is 14.2. The van der Waals surface area contributed by atoms with Gasteiger partial charge in [-0.3, -0.25) is 9.59 Å². The number of hydrogen-bond donors (Lipinski definition) is 4. The number of alkyl carbamates (subject to hydrolysis) is 2. The number of carbonyl (C=O) groups excluding carboxylic acids is 4. The van der Waals surface area contributed by atoms with Crippen LogP contribution < -0.4 is 10.6 Å². The molecule has 3 aliphatic heterocycles. The quantitative estimate of drug-likeness (QED) is 0.120. The predicted molar refractivity (Wildman–Crippen MR) is 235 cm³/mol. The number of methoxy groups -OCH3 is 2. The van der Waals surface area contributed by atoms with Gasteiger partial charge in [-0.1, -0.05) is 50.2 Å². The van der Waals surface area contributed by atoms with E-state index in [1.54, 1.807) is 0 Å². The number of aromatic amines is 2. The molecule has 6 atom stereocenters. The third-order valence-electron chi connectivity index (χ3n) is 14.4. The topological polar surface area (TPSA) is 184 Å². The zero-order chi connectivity index (χ0) is 43.5. The summed E-state index contributed by atoms with van der Waals surface area (Å²) in [6.45, 7) is 5.60. The summed E-state index contributed by atoms with van der Waals surface area (Å²) in [7, 11) is 2.63. The van der Waals surface area contributed by atoms with Crippen LogP contribution in [0.4, 0.5) is 9.59 Å². The fourth-order valence-corrected chi connectivity index (χ4v) is 11.2. The van der Waals surface area contributed by atoms with Crippen LogP contribution in [-0.2, 0) is 36.6 Å². The highest BCUT2D eigenvalue weighted by Gasteiger charge is 2.52. The molecule has 2 aliphatic carbocycles. The van der Waals surface area contributed by atoms with Gasteiger partial charge in [-0.2, -0.15) is 0 Å². The van der Waals surface area contributed by atoms with E-state index in [-0.39, 0.29) is 41.8 Å². The van der Waals surface area contributed by atoms with Crippen molar-refractivity contribution in [2.75, 3.05) is 34.0 Å². The zero-order valence-electron chi connectivity index (χ0n) is 36.4. The second-order valence-electron chi connectivity index (χ2n) is 18.4. The number of benzene rings is 3. The molecule has 5 aliphatic rings. The first-order valence-corrected chi connectivity index (χ1v) is 22.6. The van der Waals surface area contributed by atoms with Gasteiger partial charge in [-0.25, -0.2) is 19.6 Å². The number of nitrogens with zero attached hydrogens (tertiary/aromatic N) is 4. The number of piperidine rings is 1. The lowest BCUT2D eigenvalue weighted by molar-refractivity contribution is -0.139. The first-order valence-electron chi connectivity index (χ1n) is 22.6. The number of hydrogen-bond acceptors (Lipinski definition) is 9. The van der Waals surface area contributed by atoms with Crippen LogP contribution in [0.1, 0.15) is 93.8 Å². The van der Waals surface area contributed by atoms with E-state index in [0.29, 0.717) is 38.5 Å². The monoisotopic (exact) mass is 856 g/mol. The molecule has 4 N–H and O–H groups in total. The summed E-state index contributed by atoms with van der Waals surface area (Å²) in [5.41, 5.74) is 8.42. The molecule has 0 radical (unpaired) electrons. The standard InChI is InChI=1S/C48H56N8O7/c1-25(2)38(53-47(59)61-3)46(58)56-32-12-7-31(24-32)42(56)44-50-36-16-11-30-23-28(9-14-34(30)41(36)52-44)27-8-13-33-29(22-27)10-15-35-40(33)51-43(49-35)37-6-5-19-55(37)45(57)39(54-48(60)62-4)26-17-20-63-21-18-26/h8-10,13-15,22-23,25-26,31-32,37-39,42H,5-7,11-12,16-21,24H2,1-4H3,(H,49,51)(H,50,52)(H,53,59)(H,54,60). The van der Waals surface area contributed by atoms with Crippen LogP contribution in [0.3, 0.4) is 0 Å². The molecule has 3 aromatic carbocycles. The Morgan fingerprint density at radius 2 is 1.60 bits per heavy atom. The molecule has 15 heteroatoms. The van der Waals surface area contributed by atoms with Crippen LogP contribution in [0.5, 0.6) is 0 Å². The molecule has 3 saturated heterocycles. The second-order valence-corrected chi connectivity index (χ2v) is 18.4. The molecule has 1 saturated carbocycles. The number of amides is 4. The van der Waals surface area contributed by atoms with Crippen molar-refractivity contribution in [2.45, 2.75) is 102 Å². The van der Waals surface area contributed by atoms with E-state index in [1.807, 2.05) is 23.6 Å². The number of nitrogens with one attached hydrogen (secondary N) is 4. The normalized spacial score (nSPS) is 22.9. The van der Waals surface area contributed by atoms with Crippen molar-refractivity contribution in [3.8, 4) is 22.4 Å². The molecular weight excluding hydrogens is 801 g/mol. The Labute approximate surface area is 366 Å². The number of aryl methyl sites for hydroxylation is 2. The zero-order valence-corrected chi connectivity index (χ0v) is 36.4. The molecular formula is C48H56N8O7.